The predicted octanol–water partition coefficient (Wildman–Crippen LogP) is 7.19. The molecule has 4 rings (SSSR count). The van der Waals surface area contributed by atoms with Gasteiger partial charge in [-0.3, -0.25) is 0 Å². The van der Waals surface area contributed by atoms with Crippen LogP contribution in [0.1, 0.15) is 57.3 Å². The maximum atomic E-state index is 6.17. The maximum Gasteiger partial charge on any atom is 0.138 e. The number of aromatic nitrogens is 4. The van der Waals surface area contributed by atoms with E-state index in [4.69, 9.17) is 11.6 Å². The topological polar surface area (TPSA) is 35.6 Å². The van der Waals surface area contributed by atoms with E-state index < -0.39 is 0 Å². The molecule has 4 nitrogen and oxygen atoms in total. The average Bonchev–Trinajstić information content (AvgIpc) is 3.26. The Morgan fingerprint density at radius 3 is 2.30 bits per heavy atom. The van der Waals surface area contributed by atoms with Crippen LogP contribution in [-0.2, 0) is 25.4 Å². The smallest absolute Gasteiger partial charge is 0.138 e. The van der Waals surface area contributed by atoms with Crippen molar-refractivity contribution in [3.8, 4) is 0 Å². The number of halogens is 1. The Bertz CT molecular complexity index is 1280. The van der Waals surface area contributed by atoms with E-state index in [-0.39, 0.29) is 10.2 Å². The summed E-state index contributed by atoms with van der Waals surface area (Å²) in [5.41, 5.74) is 4.95. The van der Waals surface area contributed by atoms with Crippen molar-refractivity contribution in [3.63, 3.8) is 0 Å². The van der Waals surface area contributed by atoms with Gasteiger partial charge in [0.2, 0.25) is 0 Å². The number of hydrogen-bond donors (Lipinski definition) is 0. The van der Waals surface area contributed by atoms with Crippen molar-refractivity contribution in [2.45, 2.75) is 69.6 Å². The summed E-state index contributed by atoms with van der Waals surface area (Å²) in [7, 11) is 2.02. The minimum absolute atomic E-state index is 0.0901. The zero-order valence-corrected chi connectivity index (χ0v) is 22.2. The Balaban J connectivity index is 1.93. The first-order valence-corrected chi connectivity index (χ1v) is 12.5. The fraction of sp³-hybridized carbons (Fsp3) is 0.407. The lowest BCUT2D eigenvalue weighted by Crippen LogP contribution is -2.27. The molecule has 33 heavy (non-hydrogen) atoms. The minimum Gasteiger partial charge on any atom is -0.339 e. The van der Waals surface area contributed by atoms with Gasteiger partial charge in [0.1, 0.15) is 12.2 Å². The highest BCUT2D eigenvalue weighted by Crippen LogP contribution is 2.43. The summed E-state index contributed by atoms with van der Waals surface area (Å²) in [5.74, 6) is 0.994. The van der Waals surface area contributed by atoms with E-state index in [1.54, 1.807) is 6.33 Å². The van der Waals surface area contributed by atoms with Crippen LogP contribution in [0.4, 0.5) is 0 Å². The minimum atomic E-state index is -0.181. The van der Waals surface area contributed by atoms with Crippen LogP contribution in [0.25, 0.3) is 10.9 Å². The standard InChI is InChI=1S/C27H33ClN4S/c1-18-8-13-22-21(14-18)24(33-26(2,3)4)23(15-27(5,6)25-30-29-17-31(25)7)32(22)16-19-9-11-20(28)12-10-19/h8-14,17H,15-16H2,1-7H3. The van der Waals surface area contributed by atoms with Crippen LogP contribution in [0.3, 0.4) is 0 Å². The molecule has 0 saturated carbocycles. The molecule has 2 heterocycles. The molecule has 6 heteroatoms. The van der Waals surface area contributed by atoms with E-state index in [0.717, 1.165) is 23.8 Å². The molecule has 0 aliphatic heterocycles. The van der Waals surface area contributed by atoms with Crippen LogP contribution in [0.15, 0.2) is 53.7 Å². The van der Waals surface area contributed by atoms with E-state index >= 15 is 0 Å². The first kappa shape index (κ1) is 23.9. The Morgan fingerprint density at radius 1 is 1.00 bits per heavy atom. The van der Waals surface area contributed by atoms with E-state index in [0.29, 0.717) is 0 Å². The molecule has 174 valence electrons. The molecule has 0 unspecified atom stereocenters. The molecule has 0 bridgehead atoms. The molecule has 0 radical (unpaired) electrons. The molecule has 0 fully saturated rings. The van der Waals surface area contributed by atoms with Gasteiger partial charge in [0.15, 0.2) is 0 Å². The lowest BCUT2D eigenvalue weighted by molar-refractivity contribution is 0.452. The lowest BCUT2D eigenvalue weighted by atomic mass is 9.86. The first-order chi connectivity index (χ1) is 15.4. The molecule has 2 aromatic carbocycles. The number of fused-ring (bicyclic) bond motifs is 1. The van der Waals surface area contributed by atoms with Gasteiger partial charge in [0.25, 0.3) is 0 Å². The van der Waals surface area contributed by atoms with E-state index in [1.807, 2.05) is 35.5 Å². The van der Waals surface area contributed by atoms with Crippen molar-refractivity contribution < 1.29 is 0 Å². The Morgan fingerprint density at radius 2 is 1.70 bits per heavy atom. The van der Waals surface area contributed by atoms with Crippen molar-refractivity contribution in [1.29, 1.82) is 0 Å². The Hall–Kier alpha value is -2.24. The fourth-order valence-corrected chi connectivity index (χ4v) is 5.74. The Labute approximate surface area is 206 Å². The highest BCUT2D eigenvalue weighted by atomic mass is 35.5. The van der Waals surface area contributed by atoms with Crippen LogP contribution in [0.2, 0.25) is 5.02 Å². The number of hydrogen-bond acceptors (Lipinski definition) is 3. The molecule has 0 aliphatic rings. The van der Waals surface area contributed by atoms with Gasteiger partial charge in [-0.2, -0.15) is 0 Å². The molecule has 0 saturated heterocycles. The summed E-state index contributed by atoms with van der Waals surface area (Å²) < 4.78 is 4.61. The van der Waals surface area contributed by atoms with Gasteiger partial charge < -0.3 is 9.13 Å². The van der Waals surface area contributed by atoms with Gasteiger partial charge in [0, 0.05) is 56.7 Å². The number of thioether (sulfide) groups is 1. The van der Waals surface area contributed by atoms with Crippen LogP contribution in [0.5, 0.6) is 0 Å². The third-order valence-corrected chi connectivity index (χ3v) is 7.39. The number of rotatable bonds is 6. The van der Waals surface area contributed by atoms with Gasteiger partial charge in [-0.25, -0.2) is 0 Å². The maximum absolute atomic E-state index is 6.17. The molecule has 0 spiro atoms. The van der Waals surface area contributed by atoms with Gasteiger partial charge >= 0.3 is 0 Å². The van der Waals surface area contributed by atoms with Crippen molar-refractivity contribution in [2.24, 2.45) is 7.05 Å². The first-order valence-electron chi connectivity index (χ1n) is 11.3. The van der Waals surface area contributed by atoms with Crippen LogP contribution in [0, 0.1) is 6.92 Å². The van der Waals surface area contributed by atoms with Crippen LogP contribution in [-0.4, -0.2) is 24.1 Å². The summed E-state index contributed by atoms with van der Waals surface area (Å²) >= 11 is 8.13. The second-order valence-electron chi connectivity index (χ2n) is 10.5. The molecule has 0 atom stereocenters. The predicted molar refractivity (Wildman–Crippen MR) is 141 cm³/mol. The fourth-order valence-electron chi connectivity index (χ4n) is 4.43. The highest BCUT2D eigenvalue weighted by Gasteiger charge is 2.31. The van der Waals surface area contributed by atoms with Gasteiger partial charge in [-0.1, -0.05) is 70.0 Å². The van der Waals surface area contributed by atoms with Crippen molar-refractivity contribution in [3.05, 3.63) is 76.5 Å². The molecule has 0 aliphatic carbocycles. The molecule has 0 N–H and O–H groups in total. The van der Waals surface area contributed by atoms with Crippen LogP contribution < -0.4 is 0 Å². The largest absolute Gasteiger partial charge is 0.339 e. The summed E-state index contributed by atoms with van der Waals surface area (Å²) in [5, 5.41) is 10.7. The van der Waals surface area contributed by atoms with Crippen molar-refractivity contribution in [2.75, 3.05) is 0 Å². The summed E-state index contributed by atoms with van der Waals surface area (Å²) in [6.45, 7) is 14.3. The van der Waals surface area contributed by atoms with Gasteiger partial charge in [-0.15, -0.1) is 22.0 Å². The second-order valence-corrected chi connectivity index (χ2v) is 12.8. The molecular formula is C27H33ClN4S. The third-order valence-electron chi connectivity index (χ3n) is 5.86. The monoisotopic (exact) mass is 480 g/mol. The van der Waals surface area contributed by atoms with Crippen molar-refractivity contribution >= 4 is 34.3 Å². The van der Waals surface area contributed by atoms with Gasteiger partial charge in [-0.05, 0) is 36.8 Å². The average molecular weight is 481 g/mol. The SMILES string of the molecule is Cc1ccc2c(c1)c(SC(C)(C)C)c(CC(C)(C)c1nncn1C)n2Cc1ccc(Cl)cc1. The molecule has 0 amide bonds. The summed E-state index contributed by atoms with van der Waals surface area (Å²) in [4.78, 5) is 1.37. The quantitative estimate of drug-likeness (QED) is 0.274. The number of nitrogens with zero attached hydrogens (tertiary/aromatic N) is 4. The summed E-state index contributed by atoms with van der Waals surface area (Å²) in [6.07, 6.45) is 2.65. The normalized spacial score (nSPS) is 12.6. The van der Waals surface area contributed by atoms with E-state index in [2.05, 4.69) is 86.6 Å². The lowest BCUT2D eigenvalue weighted by Gasteiger charge is -2.26. The molecule has 4 aromatic rings. The van der Waals surface area contributed by atoms with E-state index in [9.17, 15) is 0 Å². The van der Waals surface area contributed by atoms with Gasteiger partial charge in [0.05, 0.1) is 0 Å². The third kappa shape index (κ3) is 5.15. The van der Waals surface area contributed by atoms with E-state index in [1.165, 1.54) is 32.6 Å². The Kier molecular flexibility index (Phi) is 6.41. The molecule has 2 aromatic heterocycles. The molecular weight excluding hydrogens is 448 g/mol. The second kappa shape index (κ2) is 8.84. The number of benzene rings is 2. The van der Waals surface area contributed by atoms with Crippen LogP contribution >= 0.6 is 23.4 Å². The zero-order chi connectivity index (χ0) is 24.0. The number of aryl methyl sites for hydroxylation is 2. The zero-order valence-electron chi connectivity index (χ0n) is 20.6. The highest BCUT2D eigenvalue weighted by molar-refractivity contribution is 8.00. The van der Waals surface area contributed by atoms with Crippen molar-refractivity contribution in [1.82, 2.24) is 19.3 Å². The summed E-state index contributed by atoms with van der Waals surface area (Å²) in [6, 6.07) is 15.0.